The molecule has 1 saturated heterocycles. The van der Waals surface area contributed by atoms with Gasteiger partial charge >= 0.3 is 0 Å². The van der Waals surface area contributed by atoms with Gasteiger partial charge in [-0.25, -0.2) is 0 Å². The molecular formula is C17H32O2. The molecule has 0 aromatic carbocycles. The Morgan fingerprint density at radius 1 is 1.05 bits per heavy atom. The Bertz CT molecular complexity index is 238. The molecule has 2 heteroatoms. The van der Waals surface area contributed by atoms with Crippen molar-refractivity contribution in [2.24, 2.45) is 17.3 Å². The van der Waals surface area contributed by atoms with Gasteiger partial charge in [0.2, 0.25) is 0 Å². The van der Waals surface area contributed by atoms with Gasteiger partial charge in [0.05, 0.1) is 0 Å². The highest BCUT2D eigenvalue weighted by Crippen LogP contribution is 2.45. The van der Waals surface area contributed by atoms with Gasteiger partial charge in [-0.3, -0.25) is 0 Å². The molecule has 2 aliphatic rings. The average Bonchev–Trinajstić information content (AvgIpc) is 2.48. The van der Waals surface area contributed by atoms with E-state index in [2.05, 4.69) is 6.92 Å². The van der Waals surface area contributed by atoms with E-state index in [1.165, 1.54) is 64.2 Å². The van der Waals surface area contributed by atoms with Gasteiger partial charge < -0.3 is 9.84 Å². The van der Waals surface area contributed by atoms with E-state index in [0.29, 0.717) is 6.61 Å². The summed E-state index contributed by atoms with van der Waals surface area (Å²) in [6.45, 7) is 4.56. The number of hydrogen-bond acceptors (Lipinski definition) is 2. The molecule has 112 valence electrons. The van der Waals surface area contributed by atoms with Crippen molar-refractivity contribution in [2.45, 2.75) is 71.1 Å². The molecule has 1 heterocycles. The van der Waals surface area contributed by atoms with Gasteiger partial charge in [-0.05, 0) is 62.2 Å². The fourth-order valence-electron chi connectivity index (χ4n) is 4.06. The normalized spacial score (nSPS) is 33.5. The third-order valence-electron chi connectivity index (χ3n) is 5.53. The van der Waals surface area contributed by atoms with E-state index in [1.807, 2.05) is 0 Å². The average molecular weight is 268 g/mol. The zero-order valence-corrected chi connectivity index (χ0v) is 12.7. The second-order valence-corrected chi connectivity index (χ2v) is 7.00. The van der Waals surface area contributed by atoms with Crippen LogP contribution in [-0.4, -0.2) is 24.9 Å². The first-order valence-corrected chi connectivity index (χ1v) is 8.46. The van der Waals surface area contributed by atoms with Gasteiger partial charge in [-0.2, -0.15) is 0 Å². The summed E-state index contributed by atoms with van der Waals surface area (Å²) in [5.74, 6) is 1.74. The van der Waals surface area contributed by atoms with E-state index in [0.717, 1.165) is 25.0 Å². The van der Waals surface area contributed by atoms with E-state index in [-0.39, 0.29) is 5.41 Å². The van der Waals surface area contributed by atoms with Gasteiger partial charge in [-0.1, -0.05) is 26.2 Å². The van der Waals surface area contributed by atoms with Crippen LogP contribution in [-0.2, 0) is 4.74 Å². The minimum atomic E-state index is 0.255. The standard InChI is InChI=1S/C17H32O2/c1-2-3-4-15-5-9-17(14-18,10-6-15)13-16-7-11-19-12-8-16/h15-16,18H,2-14H2,1H3. The molecule has 2 rings (SSSR count). The minimum Gasteiger partial charge on any atom is -0.396 e. The summed E-state index contributed by atoms with van der Waals surface area (Å²) in [5.41, 5.74) is 0.255. The van der Waals surface area contributed by atoms with Crippen LogP contribution in [0.15, 0.2) is 0 Å². The number of rotatable bonds is 6. The van der Waals surface area contributed by atoms with E-state index in [4.69, 9.17) is 4.74 Å². The molecule has 1 aliphatic carbocycles. The lowest BCUT2D eigenvalue weighted by molar-refractivity contribution is 0.00515. The van der Waals surface area contributed by atoms with Crippen LogP contribution in [0.25, 0.3) is 0 Å². The van der Waals surface area contributed by atoms with Crippen LogP contribution in [0.4, 0.5) is 0 Å². The molecule has 0 unspecified atom stereocenters. The van der Waals surface area contributed by atoms with Gasteiger partial charge in [0.1, 0.15) is 0 Å². The third-order valence-corrected chi connectivity index (χ3v) is 5.53. The van der Waals surface area contributed by atoms with Crippen molar-refractivity contribution in [2.75, 3.05) is 19.8 Å². The topological polar surface area (TPSA) is 29.5 Å². The first-order valence-electron chi connectivity index (χ1n) is 8.46. The molecule has 1 N–H and O–H groups in total. The fraction of sp³-hybridized carbons (Fsp3) is 1.00. The zero-order chi connectivity index (χ0) is 13.6. The monoisotopic (exact) mass is 268 g/mol. The largest absolute Gasteiger partial charge is 0.396 e. The first-order chi connectivity index (χ1) is 9.28. The molecule has 0 radical (unpaired) electrons. The van der Waals surface area contributed by atoms with Gasteiger partial charge in [0, 0.05) is 19.8 Å². The molecule has 0 atom stereocenters. The van der Waals surface area contributed by atoms with Gasteiger partial charge in [0.15, 0.2) is 0 Å². The Morgan fingerprint density at radius 2 is 1.74 bits per heavy atom. The Balaban J connectivity index is 1.79. The molecule has 0 amide bonds. The number of aliphatic hydroxyl groups is 1. The number of ether oxygens (including phenoxy) is 1. The molecule has 1 aliphatic heterocycles. The molecule has 0 aromatic rings. The number of unbranched alkanes of at least 4 members (excludes halogenated alkanes) is 1. The summed E-state index contributed by atoms with van der Waals surface area (Å²) in [6.07, 6.45) is 13.0. The summed E-state index contributed by atoms with van der Waals surface area (Å²) >= 11 is 0. The molecular weight excluding hydrogens is 236 g/mol. The lowest BCUT2D eigenvalue weighted by Crippen LogP contribution is -2.34. The molecule has 0 bridgehead atoms. The lowest BCUT2D eigenvalue weighted by atomic mass is 9.65. The molecule has 0 aromatic heterocycles. The Labute approximate surface area is 118 Å². The Kier molecular flexibility index (Phi) is 6.15. The van der Waals surface area contributed by atoms with Crippen molar-refractivity contribution in [1.29, 1.82) is 0 Å². The van der Waals surface area contributed by atoms with Crippen LogP contribution in [0.3, 0.4) is 0 Å². The Hall–Kier alpha value is -0.0800. The third kappa shape index (κ3) is 4.46. The highest BCUT2D eigenvalue weighted by atomic mass is 16.5. The van der Waals surface area contributed by atoms with Crippen LogP contribution in [0.2, 0.25) is 0 Å². The van der Waals surface area contributed by atoms with Gasteiger partial charge in [0.25, 0.3) is 0 Å². The lowest BCUT2D eigenvalue weighted by Gasteiger charge is -2.42. The van der Waals surface area contributed by atoms with Crippen molar-refractivity contribution < 1.29 is 9.84 Å². The second kappa shape index (κ2) is 7.64. The Morgan fingerprint density at radius 3 is 2.32 bits per heavy atom. The summed E-state index contributed by atoms with van der Waals surface area (Å²) in [5, 5.41) is 9.90. The maximum atomic E-state index is 9.90. The van der Waals surface area contributed by atoms with Crippen molar-refractivity contribution in [3.63, 3.8) is 0 Å². The fourth-order valence-corrected chi connectivity index (χ4v) is 4.06. The number of aliphatic hydroxyl groups excluding tert-OH is 1. The summed E-state index contributed by atoms with van der Waals surface area (Å²) < 4.78 is 5.45. The predicted octanol–water partition coefficient (Wildman–Crippen LogP) is 4.16. The van der Waals surface area contributed by atoms with Crippen LogP contribution in [0.5, 0.6) is 0 Å². The molecule has 19 heavy (non-hydrogen) atoms. The van der Waals surface area contributed by atoms with Crippen LogP contribution >= 0.6 is 0 Å². The quantitative estimate of drug-likeness (QED) is 0.783. The maximum absolute atomic E-state index is 9.90. The summed E-state index contributed by atoms with van der Waals surface area (Å²) in [7, 11) is 0. The highest BCUT2D eigenvalue weighted by molar-refractivity contribution is 4.87. The minimum absolute atomic E-state index is 0.255. The number of hydrogen-bond donors (Lipinski definition) is 1. The van der Waals surface area contributed by atoms with Crippen molar-refractivity contribution in [3.05, 3.63) is 0 Å². The smallest absolute Gasteiger partial charge is 0.0487 e. The van der Waals surface area contributed by atoms with Crippen LogP contribution in [0, 0.1) is 17.3 Å². The highest BCUT2D eigenvalue weighted by Gasteiger charge is 2.36. The van der Waals surface area contributed by atoms with Gasteiger partial charge in [-0.15, -0.1) is 0 Å². The summed E-state index contributed by atoms with van der Waals surface area (Å²) in [6, 6.07) is 0. The predicted molar refractivity (Wildman–Crippen MR) is 79.2 cm³/mol. The van der Waals surface area contributed by atoms with E-state index >= 15 is 0 Å². The van der Waals surface area contributed by atoms with E-state index < -0.39 is 0 Å². The van der Waals surface area contributed by atoms with Crippen molar-refractivity contribution in [1.82, 2.24) is 0 Å². The van der Waals surface area contributed by atoms with E-state index in [1.54, 1.807) is 0 Å². The van der Waals surface area contributed by atoms with E-state index in [9.17, 15) is 5.11 Å². The maximum Gasteiger partial charge on any atom is 0.0487 e. The zero-order valence-electron chi connectivity index (χ0n) is 12.7. The van der Waals surface area contributed by atoms with Crippen LogP contribution in [0.1, 0.15) is 71.1 Å². The first kappa shape index (κ1) is 15.3. The van der Waals surface area contributed by atoms with Crippen molar-refractivity contribution in [3.8, 4) is 0 Å². The van der Waals surface area contributed by atoms with Crippen LogP contribution < -0.4 is 0 Å². The van der Waals surface area contributed by atoms with Crippen molar-refractivity contribution >= 4 is 0 Å². The molecule has 2 fully saturated rings. The molecule has 2 nitrogen and oxygen atoms in total. The summed E-state index contributed by atoms with van der Waals surface area (Å²) in [4.78, 5) is 0. The molecule has 1 saturated carbocycles. The SMILES string of the molecule is CCCCC1CCC(CO)(CC2CCOCC2)CC1. The second-order valence-electron chi connectivity index (χ2n) is 7.00. The molecule has 0 spiro atoms.